The summed E-state index contributed by atoms with van der Waals surface area (Å²) in [6.07, 6.45) is 3.66. The van der Waals surface area contributed by atoms with Crippen LogP contribution in [0.5, 0.6) is 17.2 Å². The highest BCUT2D eigenvalue weighted by Crippen LogP contribution is 2.27. The summed E-state index contributed by atoms with van der Waals surface area (Å²) in [5.41, 5.74) is 6.00. The number of ether oxygens (including phenoxy) is 3. The van der Waals surface area contributed by atoms with Gasteiger partial charge in [-0.2, -0.15) is 0 Å². The predicted octanol–water partition coefficient (Wildman–Crippen LogP) is 2.50. The molecule has 1 saturated heterocycles. The van der Waals surface area contributed by atoms with Gasteiger partial charge in [0.2, 0.25) is 0 Å². The van der Waals surface area contributed by atoms with Crippen molar-refractivity contribution in [3.8, 4) is 17.2 Å². The van der Waals surface area contributed by atoms with E-state index in [4.69, 9.17) is 19.9 Å². The molecule has 0 radical (unpaired) electrons. The summed E-state index contributed by atoms with van der Waals surface area (Å²) >= 11 is 0. The Morgan fingerprint density at radius 3 is 2.17 bits per heavy atom. The van der Waals surface area contributed by atoms with Gasteiger partial charge in [-0.25, -0.2) is 4.99 Å². The van der Waals surface area contributed by atoms with E-state index in [1.807, 2.05) is 12.1 Å². The van der Waals surface area contributed by atoms with Gasteiger partial charge in [-0.3, -0.25) is 0 Å². The zero-order valence-electron chi connectivity index (χ0n) is 13.8. The summed E-state index contributed by atoms with van der Waals surface area (Å²) in [7, 11) is 3.23. The van der Waals surface area contributed by atoms with Crippen LogP contribution in [0.15, 0.2) is 23.2 Å². The highest BCUT2D eigenvalue weighted by atomic mass is 127. The van der Waals surface area contributed by atoms with Gasteiger partial charge in [-0.15, -0.1) is 24.0 Å². The molecule has 1 heterocycles. The molecule has 0 spiro atoms. The van der Waals surface area contributed by atoms with E-state index in [2.05, 4.69) is 9.89 Å². The maximum absolute atomic E-state index is 6.00. The lowest BCUT2D eigenvalue weighted by atomic mass is 10.1. The average molecular weight is 435 g/mol. The van der Waals surface area contributed by atoms with Gasteiger partial charge in [0.05, 0.1) is 20.8 Å². The Kier molecular flexibility index (Phi) is 8.90. The quantitative estimate of drug-likeness (QED) is 0.322. The van der Waals surface area contributed by atoms with E-state index in [1.54, 1.807) is 20.3 Å². The normalized spacial score (nSPS) is 14.9. The number of aliphatic imine (C=N–C) groups is 1. The number of methoxy groups -OCH3 is 2. The lowest BCUT2D eigenvalue weighted by molar-refractivity contribution is 0.315. The first-order valence-electron chi connectivity index (χ1n) is 7.63. The van der Waals surface area contributed by atoms with Crippen LogP contribution in [-0.4, -0.2) is 51.3 Å². The number of nitrogens with two attached hydrogens (primary N) is 1. The summed E-state index contributed by atoms with van der Waals surface area (Å²) in [5, 5.41) is 0. The fraction of sp³-hybridized carbons (Fsp3) is 0.562. The number of hydrogen-bond donors (Lipinski definition) is 1. The molecule has 23 heavy (non-hydrogen) atoms. The van der Waals surface area contributed by atoms with Gasteiger partial charge < -0.3 is 24.8 Å². The van der Waals surface area contributed by atoms with Gasteiger partial charge in [-0.1, -0.05) is 0 Å². The van der Waals surface area contributed by atoms with E-state index in [9.17, 15) is 0 Å². The molecule has 7 heteroatoms. The van der Waals surface area contributed by atoms with Crippen molar-refractivity contribution in [1.82, 2.24) is 4.90 Å². The molecule has 1 fully saturated rings. The first-order valence-corrected chi connectivity index (χ1v) is 7.63. The molecular weight excluding hydrogens is 409 g/mol. The van der Waals surface area contributed by atoms with Crippen molar-refractivity contribution in [3.63, 3.8) is 0 Å². The molecule has 0 aliphatic carbocycles. The molecule has 0 bridgehead atoms. The SMILES string of the molecule is COc1cc(OC)cc(OCCN=C(N)N2CCCCC2)c1.I. The molecule has 130 valence electrons. The molecule has 2 rings (SSSR count). The zero-order chi connectivity index (χ0) is 15.8. The third-order valence-corrected chi connectivity index (χ3v) is 3.64. The fourth-order valence-corrected chi connectivity index (χ4v) is 2.41. The number of rotatable bonds is 6. The largest absolute Gasteiger partial charge is 0.496 e. The smallest absolute Gasteiger partial charge is 0.191 e. The van der Waals surface area contributed by atoms with E-state index in [0.717, 1.165) is 13.1 Å². The Balaban J connectivity index is 0.00000264. The summed E-state index contributed by atoms with van der Waals surface area (Å²) in [6.45, 7) is 3.00. The van der Waals surface area contributed by atoms with Crippen LogP contribution in [0.25, 0.3) is 0 Å². The Bertz CT molecular complexity index is 483. The Morgan fingerprint density at radius 1 is 1.04 bits per heavy atom. The second kappa shape index (κ2) is 10.4. The van der Waals surface area contributed by atoms with Crippen LogP contribution in [0.3, 0.4) is 0 Å². The number of hydrogen-bond acceptors (Lipinski definition) is 4. The highest BCUT2D eigenvalue weighted by molar-refractivity contribution is 14.0. The lowest BCUT2D eigenvalue weighted by Gasteiger charge is -2.27. The minimum absolute atomic E-state index is 0. The van der Waals surface area contributed by atoms with Crippen LogP contribution in [0.4, 0.5) is 0 Å². The fourth-order valence-electron chi connectivity index (χ4n) is 2.41. The molecular formula is C16H26IN3O3. The molecule has 1 aliphatic rings. The maximum atomic E-state index is 6.00. The molecule has 1 aromatic carbocycles. The second-order valence-corrected chi connectivity index (χ2v) is 5.18. The van der Waals surface area contributed by atoms with Gasteiger partial charge in [0.1, 0.15) is 23.9 Å². The van der Waals surface area contributed by atoms with Crippen LogP contribution in [0.1, 0.15) is 19.3 Å². The molecule has 0 aromatic heterocycles. The summed E-state index contributed by atoms with van der Waals surface area (Å²) < 4.78 is 16.1. The van der Waals surface area contributed by atoms with Gasteiger partial charge in [-0.05, 0) is 19.3 Å². The van der Waals surface area contributed by atoms with Crippen LogP contribution < -0.4 is 19.9 Å². The van der Waals surface area contributed by atoms with E-state index in [0.29, 0.717) is 36.4 Å². The molecule has 0 unspecified atom stereocenters. The number of benzene rings is 1. The van der Waals surface area contributed by atoms with Crippen molar-refractivity contribution < 1.29 is 14.2 Å². The number of likely N-dealkylation sites (tertiary alicyclic amines) is 1. The highest BCUT2D eigenvalue weighted by Gasteiger charge is 2.11. The number of piperidine rings is 1. The maximum Gasteiger partial charge on any atom is 0.191 e. The van der Waals surface area contributed by atoms with Crippen molar-refractivity contribution in [2.45, 2.75) is 19.3 Å². The van der Waals surface area contributed by atoms with Gasteiger partial charge in [0.25, 0.3) is 0 Å². The molecule has 2 N–H and O–H groups in total. The van der Waals surface area contributed by atoms with Crippen molar-refractivity contribution in [3.05, 3.63) is 18.2 Å². The van der Waals surface area contributed by atoms with Crippen LogP contribution in [0.2, 0.25) is 0 Å². The van der Waals surface area contributed by atoms with E-state index < -0.39 is 0 Å². The minimum atomic E-state index is 0. The lowest BCUT2D eigenvalue weighted by Crippen LogP contribution is -2.41. The predicted molar refractivity (Wildman–Crippen MR) is 102 cm³/mol. The average Bonchev–Trinajstić information content (AvgIpc) is 2.58. The van der Waals surface area contributed by atoms with Crippen LogP contribution in [-0.2, 0) is 0 Å². The van der Waals surface area contributed by atoms with E-state index in [1.165, 1.54) is 19.3 Å². The van der Waals surface area contributed by atoms with Crippen molar-refractivity contribution in [1.29, 1.82) is 0 Å². The molecule has 0 saturated carbocycles. The molecule has 1 aromatic rings. The molecule has 6 nitrogen and oxygen atoms in total. The number of halogens is 1. The van der Waals surface area contributed by atoms with Crippen LogP contribution >= 0.6 is 24.0 Å². The third-order valence-electron chi connectivity index (χ3n) is 3.64. The van der Waals surface area contributed by atoms with Crippen molar-refractivity contribution in [2.24, 2.45) is 10.7 Å². The van der Waals surface area contributed by atoms with Gasteiger partial charge in [0.15, 0.2) is 5.96 Å². The summed E-state index contributed by atoms with van der Waals surface area (Å²) in [4.78, 5) is 6.52. The zero-order valence-corrected chi connectivity index (χ0v) is 16.1. The molecule has 0 atom stereocenters. The molecule has 1 aliphatic heterocycles. The Labute approximate surface area is 155 Å². The first kappa shape index (κ1) is 19.7. The van der Waals surface area contributed by atoms with Gasteiger partial charge >= 0.3 is 0 Å². The molecule has 0 amide bonds. The van der Waals surface area contributed by atoms with Crippen molar-refractivity contribution >= 4 is 29.9 Å². The monoisotopic (exact) mass is 435 g/mol. The first-order chi connectivity index (χ1) is 10.7. The third kappa shape index (κ3) is 6.32. The number of nitrogens with zero attached hydrogens (tertiary/aromatic N) is 2. The topological polar surface area (TPSA) is 69.3 Å². The van der Waals surface area contributed by atoms with E-state index >= 15 is 0 Å². The Morgan fingerprint density at radius 2 is 1.61 bits per heavy atom. The number of guanidine groups is 1. The van der Waals surface area contributed by atoms with Crippen molar-refractivity contribution in [2.75, 3.05) is 40.5 Å². The minimum Gasteiger partial charge on any atom is -0.496 e. The van der Waals surface area contributed by atoms with E-state index in [-0.39, 0.29) is 24.0 Å². The second-order valence-electron chi connectivity index (χ2n) is 5.18. The van der Waals surface area contributed by atoms with Gasteiger partial charge in [0, 0.05) is 31.3 Å². The summed E-state index contributed by atoms with van der Waals surface area (Å²) in [5.74, 6) is 2.71. The Hall–Kier alpha value is -1.38. The summed E-state index contributed by atoms with van der Waals surface area (Å²) in [6, 6.07) is 5.44. The van der Waals surface area contributed by atoms with Crippen LogP contribution in [0, 0.1) is 0 Å². The standard InChI is InChI=1S/C16H25N3O3.HI/c1-20-13-10-14(21-2)12-15(11-13)22-9-6-18-16(17)19-7-4-3-5-8-19;/h10-12H,3-9H2,1-2H3,(H2,17,18);1H.